The Morgan fingerprint density at radius 3 is 1.47 bits per heavy atom. The highest BCUT2D eigenvalue weighted by Gasteiger charge is 2.46. The van der Waals surface area contributed by atoms with E-state index in [1.807, 2.05) is 134 Å². The lowest BCUT2D eigenvalue weighted by Gasteiger charge is -2.43. The fourth-order valence-electron chi connectivity index (χ4n) is 13.1. The summed E-state index contributed by atoms with van der Waals surface area (Å²) in [7, 11) is 0. The van der Waals surface area contributed by atoms with Crippen molar-refractivity contribution < 1.29 is 18.9 Å². The number of anilines is 12. The van der Waals surface area contributed by atoms with Crippen LogP contribution in [0.5, 0.6) is 46.0 Å². The largest absolute Gasteiger partial charge is 0.458 e. The van der Waals surface area contributed by atoms with Gasteiger partial charge in [-0.25, -0.2) is 0 Å². The van der Waals surface area contributed by atoms with Gasteiger partial charge in [0.1, 0.15) is 28.7 Å². The Morgan fingerprint density at radius 1 is 0.378 bits per heavy atom. The van der Waals surface area contributed by atoms with Crippen LogP contribution in [-0.2, 0) is 0 Å². The van der Waals surface area contributed by atoms with Crippen LogP contribution in [0.2, 0.25) is 0 Å². The van der Waals surface area contributed by atoms with Gasteiger partial charge in [-0.05, 0) is 136 Å². The van der Waals surface area contributed by atoms with Crippen molar-refractivity contribution in [3.8, 4) is 46.0 Å². The van der Waals surface area contributed by atoms with Crippen molar-refractivity contribution in [2.45, 2.75) is 0 Å². The first-order valence-electron chi connectivity index (χ1n) is 29.8. The van der Waals surface area contributed by atoms with Gasteiger partial charge in [0.15, 0.2) is 23.0 Å². The fourth-order valence-corrected chi connectivity index (χ4v) is 13.6. The number of aromatic nitrogens is 2. The van der Waals surface area contributed by atoms with Crippen LogP contribution in [0.25, 0.3) is 21.8 Å². The van der Waals surface area contributed by atoms with E-state index in [1.54, 1.807) is 0 Å². The van der Waals surface area contributed by atoms with Crippen molar-refractivity contribution in [3.63, 3.8) is 0 Å². The van der Waals surface area contributed by atoms with Gasteiger partial charge < -0.3 is 38.5 Å². The van der Waals surface area contributed by atoms with E-state index < -0.39 is 0 Å². The highest BCUT2D eigenvalue weighted by molar-refractivity contribution is 9.10. The fraction of sp³-hybridized carbons (Fsp3) is 0. The molecule has 18 rings (SSSR count). The second-order valence-electron chi connectivity index (χ2n) is 22.1. The number of hydrogen-bond acceptors (Lipinski definition) is 10. The van der Waals surface area contributed by atoms with E-state index in [1.165, 1.54) is 5.46 Å². The first kappa shape index (κ1) is 52.7. The molecule has 0 fully saturated rings. The molecule has 0 bridgehead atoms. The predicted molar refractivity (Wildman–Crippen MR) is 368 cm³/mol. The molecule has 0 atom stereocenters. The van der Waals surface area contributed by atoms with Crippen LogP contribution in [0.4, 0.5) is 68.2 Å². The Morgan fingerprint density at radius 2 is 0.856 bits per heavy atom. The van der Waals surface area contributed by atoms with Gasteiger partial charge in [0, 0.05) is 63.5 Å². The van der Waals surface area contributed by atoms with Gasteiger partial charge in [0.05, 0.1) is 55.3 Å². The van der Waals surface area contributed by atoms with Crippen LogP contribution in [0.1, 0.15) is 0 Å². The number of para-hydroxylation sites is 12. The average molecular weight is 1230 g/mol. The van der Waals surface area contributed by atoms with E-state index in [0.717, 1.165) is 140 Å². The Balaban J connectivity index is 0.000000139. The number of halogens is 1. The molecule has 90 heavy (non-hydrogen) atoms. The third-order valence-electron chi connectivity index (χ3n) is 16.9. The third kappa shape index (κ3) is 8.78. The molecule has 12 heteroatoms. The zero-order valence-corrected chi connectivity index (χ0v) is 49.7. The van der Waals surface area contributed by atoms with Gasteiger partial charge in [-0.1, -0.05) is 170 Å². The van der Waals surface area contributed by atoms with Crippen LogP contribution >= 0.6 is 15.9 Å². The molecule has 426 valence electrons. The van der Waals surface area contributed by atoms with Crippen LogP contribution in [0, 0.1) is 0 Å². The minimum absolute atomic E-state index is 0.0187. The number of pyridine rings is 2. The number of rotatable bonds is 8. The van der Waals surface area contributed by atoms with Gasteiger partial charge in [0.25, 0.3) is 6.71 Å². The summed E-state index contributed by atoms with van der Waals surface area (Å²) in [5.41, 5.74) is 16.7. The van der Waals surface area contributed by atoms with Gasteiger partial charge in [-0.2, -0.15) is 0 Å². The van der Waals surface area contributed by atoms with Crippen molar-refractivity contribution in [2.24, 2.45) is 0 Å². The number of nitrogens with zero attached hydrogens (tertiary/aromatic N) is 6. The Hall–Kier alpha value is -11.6. The summed E-state index contributed by atoms with van der Waals surface area (Å²) in [6.45, 7) is -0.0187. The molecule has 6 heterocycles. The van der Waals surface area contributed by atoms with Crippen LogP contribution in [0.3, 0.4) is 0 Å². The normalized spacial score (nSPS) is 12.7. The molecule has 0 amide bonds. The maximum atomic E-state index is 7.01. The molecular weight excluding hydrogens is 1180 g/mol. The first-order chi connectivity index (χ1) is 44.6. The van der Waals surface area contributed by atoms with E-state index in [2.05, 4.69) is 205 Å². The zero-order chi connectivity index (χ0) is 59.7. The van der Waals surface area contributed by atoms with Crippen molar-refractivity contribution >= 4 is 129 Å². The molecule has 0 saturated carbocycles. The Labute approximate surface area is 528 Å². The maximum absolute atomic E-state index is 7.01. The van der Waals surface area contributed by atoms with Crippen LogP contribution in [-0.4, -0.2) is 16.7 Å². The molecule has 10 nitrogen and oxygen atoms in total. The van der Waals surface area contributed by atoms with Crippen LogP contribution in [0.15, 0.2) is 308 Å². The summed E-state index contributed by atoms with van der Waals surface area (Å²) >= 11 is 3.99. The SMILES string of the molecule is Brc1c(Oc2ccccc2)cc2c(c1N(c1ccccc1)c1ccccc1)Oc1ccccc1N2c1cccc2cccnc12.c1ccc(N2c3ccccc3B3c4ccccc4Oc4cc5c(c2c43)Oc2ccccc2N5c2cccc3cccnc23)cc1. The molecule has 12 aromatic carbocycles. The Kier molecular flexibility index (Phi) is 12.9. The van der Waals surface area contributed by atoms with Gasteiger partial charge in [0.2, 0.25) is 0 Å². The zero-order valence-electron chi connectivity index (χ0n) is 48.1. The summed E-state index contributed by atoms with van der Waals surface area (Å²) < 4.78 is 28.1. The smallest absolute Gasteiger partial charge is 0.256 e. The quantitative estimate of drug-likeness (QED) is 0.137. The highest BCUT2D eigenvalue weighted by Crippen LogP contribution is 2.62. The molecule has 0 unspecified atom stereocenters. The lowest BCUT2D eigenvalue weighted by molar-refractivity contribution is 0.464. The summed E-state index contributed by atoms with van der Waals surface area (Å²) in [4.78, 5) is 18.7. The number of fused-ring (bicyclic) bond motifs is 11. The van der Waals surface area contributed by atoms with E-state index in [9.17, 15) is 0 Å². The molecule has 0 radical (unpaired) electrons. The molecular formula is C78H50BBrN6O4. The molecule has 0 saturated heterocycles. The Bertz CT molecular complexity index is 4960. The maximum Gasteiger partial charge on any atom is 0.256 e. The molecule has 0 spiro atoms. The summed E-state index contributed by atoms with van der Waals surface area (Å²) in [5, 5.41) is 2.12. The van der Waals surface area contributed by atoms with E-state index >= 15 is 0 Å². The predicted octanol–water partition coefficient (Wildman–Crippen LogP) is 20.1. The molecule has 0 N–H and O–H groups in total. The lowest BCUT2D eigenvalue weighted by Crippen LogP contribution is -2.59. The number of hydrogen-bond donors (Lipinski definition) is 0. The summed E-state index contributed by atoms with van der Waals surface area (Å²) in [5.74, 6) is 6.06. The summed E-state index contributed by atoms with van der Waals surface area (Å²) in [6.07, 6.45) is 3.69. The van der Waals surface area contributed by atoms with E-state index in [0.29, 0.717) is 11.5 Å². The number of ether oxygens (including phenoxy) is 4. The van der Waals surface area contributed by atoms with E-state index in [4.69, 9.17) is 28.9 Å². The van der Waals surface area contributed by atoms with Crippen molar-refractivity contribution in [3.05, 3.63) is 308 Å². The van der Waals surface area contributed by atoms with Gasteiger partial charge in [-0.15, -0.1) is 0 Å². The van der Waals surface area contributed by atoms with Crippen molar-refractivity contribution in [1.29, 1.82) is 0 Å². The minimum Gasteiger partial charge on any atom is -0.458 e. The average Bonchev–Trinajstić information content (AvgIpc) is 0.704. The third-order valence-corrected chi connectivity index (χ3v) is 17.7. The molecule has 4 aliphatic rings. The van der Waals surface area contributed by atoms with Gasteiger partial charge >= 0.3 is 0 Å². The second-order valence-corrected chi connectivity index (χ2v) is 22.9. The highest BCUT2D eigenvalue weighted by atomic mass is 79.9. The standard InChI is InChI=1S/C39H24BN3O2.C39H26BrN3O2/c1-2-14-26(15-3-1)42-29-18-6-4-16-27(29)40-28-17-5-8-21-33(28)44-35-24-32-39(38(42)36(35)40)45-34-22-9-7-19-30(34)43(32)31-20-10-12-25-13-11-23-41-37(25)31;40-36-35(44-30-20-8-3-9-21-30)26-33-39(38(36)42(28-16-4-1-5-17-28)29-18-6-2-7-19-29)45-34-24-11-10-22-31(34)43(33)32-23-12-14-27-15-13-25-41-37(27)32/h1-24H;1-26H. The van der Waals surface area contributed by atoms with Crippen molar-refractivity contribution in [1.82, 2.24) is 9.97 Å². The molecule has 4 aliphatic heterocycles. The lowest BCUT2D eigenvalue weighted by atomic mass is 9.34. The second kappa shape index (κ2) is 22.0. The first-order valence-corrected chi connectivity index (χ1v) is 30.6. The monoisotopic (exact) mass is 1220 g/mol. The van der Waals surface area contributed by atoms with E-state index in [-0.39, 0.29) is 6.71 Å². The molecule has 14 aromatic rings. The van der Waals surface area contributed by atoms with Gasteiger partial charge in [-0.3, -0.25) is 9.97 Å². The topological polar surface area (TPSA) is 75.7 Å². The van der Waals surface area contributed by atoms with Crippen LogP contribution < -0.4 is 54.9 Å². The molecule has 2 aromatic heterocycles. The van der Waals surface area contributed by atoms with Crippen molar-refractivity contribution in [2.75, 3.05) is 19.6 Å². The summed E-state index contributed by atoms with van der Waals surface area (Å²) in [6, 6.07) is 99.3. The molecule has 0 aliphatic carbocycles. The minimum atomic E-state index is -0.0187. The number of benzene rings is 12.